The van der Waals surface area contributed by atoms with Crippen molar-refractivity contribution in [2.24, 2.45) is 0 Å². The number of ketones is 1. The molecule has 0 fully saturated rings. The first-order chi connectivity index (χ1) is 11.3. The average molecular weight is 368 g/mol. The Balaban J connectivity index is 1.93. The molecule has 0 aliphatic carbocycles. The fraction of sp³-hybridized carbons (Fsp3) is 0.474. The van der Waals surface area contributed by atoms with Gasteiger partial charge in [0.1, 0.15) is 0 Å². The SMILES string of the molecule is CCCCCCCCCC(=O)c1ccc2cccnc2c1[O][Ga]. The van der Waals surface area contributed by atoms with Crippen LogP contribution >= 0.6 is 0 Å². The van der Waals surface area contributed by atoms with Crippen LogP contribution in [0.3, 0.4) is 0 Å². The predicted octanol–water partition coefficient (Wildman–Crippen LogP) is 5.02. The molecule has 0 spiro atoms. The molecule has 3 nitrogen and oxygen atoms in total. The Labute approximate surface area is 149 Å². The average Bonchev–Trinajstić information content (AvgIpc) is 2.59. The fourth-order valence-corrected chi connectivity index (χ4v) is 3.34. The van der Waals surface area contributed by atoms with E-state index in [1.807, 2.05) is 24.3 Å². The molecular weight excluding hydrogens is 344 g/mol. The van der Waals surface area contributed by atoms with Gasteiger partial charge in [-0.05, 0) is 0 Å². The molecule has 0 aliphatic heterocycles. The number of nitrogens with zero attached hydrogens (tertiary/aromatic N) is 1. The van der Waals surface area contributed by atoms with Gasteiger partial charge in [-0.1, -0.05) is 6.92 Å². The number of aromatic nitrogens is 1. The van der Waals surface area contributed by atoms with Crippen LogP contribution in [0.15, 0.2) is 30.5 Å². The van der Waals surface area contributed by atoms with Crippen molar-refractivity contribution in [2.75, 3.05) is 0 Å². The Morgan fingerprint density at radius 3 is 2.57 bits per heavy atom. The Hall–Kier alpha value is -1.26. The molecule has 1 heterocycles. The van der Waals surface area contributed by atoms with Crippen molar-refractivity contribution in [1.82, 2.24) is 4.98 Å². The van der Waals surface area contributed by atoms with Crippen LogP contribution < -0.4 is 3.53 Å². The maximum absolute atomic E-state index is 12.5. The summed E-state index contributed by atoms with van der Waals surface area (Å²) in [5.41, 5.74) is 1.45. The third kappa shape index (κ3) is 5.11. The van der Waals surface area contributed by atoms with Crippen molar-refractivity contribution in [3.8, 4) is 5.75 Å². The number of carbonyl (C=O) groups excluding carboxylic acids is 1. The van der Waals surface area contributed by atoms with E-state index in [1.54, 1.807) is 6.20 Å². The number of unbranched alkanes of at least 4 members (excludes halogenated alkanes) is 6. The van der Waals surface area contributed by atoms with E-state index in [-0.39, 0.29) is 5.78 Å². The van der Waals surface area contributed by atoms with Gasteiger partial charge in [-0.2, -0.15) is 0 Å². The minimum atomic E-state index is 0.166. The summed E-state index contributed by atoms with van der Waals surface area (Å²) in [4.78, 5) is 16.9. The number of hydrogen-bond donors (Lipinski definition) is 0. The van der Waals surface area contributed by atoms with Gasteiger partial charge >= 0.3 is 142 Å². The standard InChI is InChI=1S/C19H25NO2.Ga/c1-2-3-4-5-6-7-8-11-17(21)16-13-12-15-10-9-14-20-18(15)19(16)22;/h9-10,12-14,22H,2-8,11H2,1H3;/q;+1/p-1. The molecular formula is C19H24GaNO2. The predicted molar refractivity (Wildman–Crippen MR) is 95.1 cm³/mol. The second-order valence-electron chi connectivity index (χ2n) is 5.93. The van der Waals surface area contributed by atoms with Gasteiger partial charge in [0.2, 0.25) is 0 Å². The summed E-state index contributed by atoms with van der Waals surface area (Å²) >= 11 is 1.13. The summed E-state index contributed by atoms with van der Waals surface area (Å²) in [5, 5.41) is 1.01. The van der Waals surface area contributed by atoms with Gasteiger partial charge in [-0.15, -0.1) is 0 Å². The van der Waals surface area contributed by atoms with Crippen molar-refractivity contribution < 1.29 is 8.32 Å². The molecule has 0 bridgehead atoms. The second kappa shape index (κ2) is 9.78. The molecule has 2 rings (SSSR count). The van der Waals surface area contributed by atoms with Gasteiger partial charge in [0.15, 0.2) is 0 Å². The third-order valence-corrected chi connectivity index (χ3v) is 4.65. The van der Waals surface area contributed by atoms with Crippen LogP contribution in [0, 0.1) is 0 Å². The van der Waals surface area contributed by atoms with Gasteiger partial charge in [0.25, 0.3) is 0 Å². The number of carbonyl (C=O) groups is 1. The maximum atomic E-state index is 12.5. The van der Waals surface area contributed by atoms with Crippen LogP contribution in [0.4, 0.5) is 0 Å². The van der Waals surface area contributed by atoms with E-state index in [9.17, 15) is 4.79 Å². The molecule has 2 radical (unpaired) electrons. The van der Waals surface area contributed by atoms with Gasteiger partial charge in [0.05, 0.1) is 0 Å². The number of rotatable bonds is 10. The molecule has 2 aromatic rings. The van der Waals surface area contributed by atoms with Gasteiger partial charge in [-0.3, -0.25) is 0 Å². The zero-order valence-electron chi connectivity index (χ0n) is 13.9. The van der Waals surface area contributed by atoms with Crippen LogP contribution in [0.1, 0.15) is 68.6 Å². The van der Waals surface area contributed by atoms with Crippen molar-refractivity contribution in [3.05, 3.63) is 36.0 Å². The van der Waals surface area contributed by atoms with E-state index >= 15 is 0 Å². The van der Waals surface area contributed by atoms with E-state index in [2.05, 4.69) is 11.9 Å². The van der Waals surface area contributed by atoms with Gasteiger partial charge in [0, 0.05) is 0 Å². The molecule has 0 N–H and O–H groups in total. The number of hydrogen-bond acceptors (Lipinski definition) is 3. The number of benzene rings is 1. The summed E-state index contributed by atoms with van der Waals surface area (Å²) in [7, 11) is 0. The van der Waals surface area contributed by atoms with Crippen molar-refractivity contribution in [1.29, 1.82) is 0 Å². The number of Topliss-reactive ketones (excluding diaryl/α,β-unsaturated/α-hetero) is 1. The van der Waals surface area contributed by atoms with E-state index in [0.29, 0.717) is 17.7 Å². The first-order valence-corrected chi connectivity index (χ1v) is 9.54. The van der Waals surface area contributed by atoms with Crippen LogP contribution in [-0.4, -0.2) is 29.7 Å². The molecule has 0 saturated carbocycles. The van der Waals surface area contributed by atoms with E-state index in [1.165, 1.54) is 32.1 Å². The monoisotopic (exact) mass is 367 g/mol. The summed E-state index contributed by atoms with van der Waals surface area (Å²) < 4.78 is 5.53. The van der Waals surface area contributed by atoms with Gasteiger partial charge < -0.3 is 0 Å². The Morgan fingerprint density at radius 2 is 1.83 bits per heavy atom. The third-order valence-electron chi connectivity index (χ3n) is 4.15. The molecule has 0 unspecified atom stereocenters. The summed E-state index contributed by atoms with van der Waals surface area (Å²) in [6.45, 7) is 2.23. The molecule has 120 valence electrons. The second-order valence-corrected chi connectivity index (χ2v) is 6.42. The number of fused-ring (bicyclic) bond motifs is 1. The summed E-state index contributed by atoms with van der Waals surface area (Å²) in [6, 6.07) is 7.72. The van der Waals surface area contributed by atoms with Crippen LogP contribution in [0.5, 0.6) is 5.75 Å². The first kappa shape index (κ1) is 18.1. The van der Waals surface area contributed by atoms with Crippen molar-refractivity contribution in [3.63, 3.8) is 0 Å². The Morgan fingerprint density at radius 1 is 1.09 bits per heavy atom. The molecule has 0 atom stereocenters. The molecule has 23 heavy (non-hydrogen) atoms. The first-order valence-electron chi connectivity index (χ1n) is 8.55. The quantitative estimate of drug-likeness (QED) is 0.336. The Bertz CT molecular complexity index is 642. The van der Waals surface area contributed by atoms with Crippen LogP contribution in [0.2, 0.25) is 0 Å². The summed E-state index contributed by atoms with van der Waals surface area (Å²) in [5.74, 6) is 0.801. The van der Waals surface area contributed by atoms with E-state index < -0.39 is 0 Å². The van der Waals surface area contributed by atoms with Crippen LogP contribution in [-0.2, 0) is 0 Å². The van der Waals surface area contributed by atoms with E-state index in [0.717, 1.165) is 42.7 Å². The van der Waals surface area contributed by atoms with Crippen molar-refractivity contribution in [2.45, 2.75) is 58.3 Å². The van der Waals surface area contributed by atoms with Gasteiger partial charge in [-0.25, -0.2) is 0 Å². The zero-order chi connectivity index (χ0) is 16.5. The molecule has 0 saturated heterocycles. The van der Waals surface area contributed by atoms with Crippen LogP contribution in [0.25, 0.3) is 10.9 Å². The topological polar surface area (TPSA) is 39.2 Å². The minimum absolute atomic E-state index is 0.166. The Kier molecular flexibility index (Phi) is 7.69. The molecule has 0 aliphatic rings. The molecule has 1 aromatic heterocycles. The zero-order valence-corrected chi connectivity index (χ0v) is 16.3. The summed E-state index contributed by atoms with van der Waals surface area (Å²) in [6.07, 6.45) is 10.8. The molecule has 0 amide bonds. The fourth-order valence-electron chi connectivity index (χ4n) is 2.83. The number of pyridine rings is 1. The van der Waals surface area contributed by atoms with Crippen molar-refractivity contribution >= 4 is 35.7 Å². The van der Waals surface area contributed by atoms with E-state index in [4.69, 9.17) is 3.53 Å². The molecule has 4 heteroatoms. The molecule has 1 aromatic carbocycles. The normalized spacial score (nSPS) is 10.8.